The van der Waals surface area contributed by atoms with Crippen molar-refractivity contribution in [2.24, 2.45) is 0 Å². The lowest BCUT2D eigenvalue weighted by Gasteiger charge is -2.27. The molecule has 6 nitrogen and oxygen atoms in total. The summed E-state index contributed by atoms with van der Waals surface area (Å²) in [6.45, 7) is 4.33. The summed E-state index contributed by atoms with van der Waals surface area (Å²) in [5.41, 5.74) is 6.00. The lowest BCUT2D eigenvalue weighted by molar-refractivity contribution is -0.116. The Labute approximate surface area is 224 Å². The summed E-state index contributed by atoms with van der Waals surface area (Å²) in [4.78, 5) is 19.7. The summed E-state index contributed by atoms with van der Waals surface area (Å²) in [5.74, 6) is -0.127. The summed E-state index contributed by atoms with van der Waals surface area (Å²) in [5, 5.41) is 6.96. The molecule has 0 saturated carbocycles. The molecule has 8 heteroatoms. The number of hydrogen-bond donors (Lipinski definition) is 2. The van der Waals surface area contributed by atoms with Crippen LogP contribution < -0.4 is 10.6 Å². The van der Waals surface area contributed by atoms with Crippen molar-refractivity contribution >= 4 is 44.9 Å². The number of thiocarbonyl (C=S) groups is 1. The number of halogens is 1. The number of aryl methyl sites for hydroxylation is 1. The van der Waals surface area contributed by atoms with E-state index >= 15 is 0 Å². The van der Waals surface area contributed by atoms with Gasteiger partial charge in [-0.15, -0.1) is 0 Å². The number of rotatable bonds is 6. The van der Waals surface area contributed by atoms with Crippen LogP contribution in [0.25, 0.3) is 5.69 Å². The van der Waals surface area contributed by atoms with E-state index in [1.165, 1.54) is 0 Å². The van der Waals surface area contributed by atoms with Gasteiger partial charge in [-0.2, -0.15) is 0 Å². The highest BCUT2D eigenvalue weighted by Crippen LogP contribution is 2.41. The normalized spacial score (nSPS) is 17.2. The van der Waals surface area contributed by atoms with Gasteiger partial charge in [0.25, 0.3) is 0 Å². The van der Waals surface area contributed by atoms with Crippen molar-refractivity contribution in [3.63, 3.8) is 0 Å². The Morgan fingerprint density at radius 3 is 2.56 bits per heavy atom. The summed E-state index contributed by atoms with van der Waals surface area (Å²) in [7, 11) is 0. The first-order valence-electron chi connectivity index (χ1n) is 11.7. The number of carbonyl (C=O) groups excluding carboxylic acids is 1. The Hall–Kier alpha value is -3.49. The number of nitrogens with one attached hydrogen (secondary N) is 2. The lowest BCUT2D eigenvalue weighted by Crippen LogP contribution is -2.37. The van der Waals surface area contributed by atoms with Crippen molar-refractivity contribution in [2.75, 3.05) is 11.9 Å². The number of benzene rings is 2. The SMILES string of the molecule is Cc1cc([C@@H]2[C@H](c3ccccn3)NC(=S)N2CC(=O)Nc2ccccc2)c(C)n1-c1cccc(Br)c1. The van der Waals surface area contributed by atoms with E-state index in [2.05, 4.69) is 68.2 Å². The molecule has 3 heterocycles. The molecular formula is C28H26BrN5OS. The second kappa shape index (κ2) is 10.2. The van der Waals surface area contributed by atoms with E-state index in [-0.39, 0.29) is 24.5 Å². The van der Waals surface area contributed by atoms with Crippen LogP contribution >= 0.6 is 28.1 Å². The summed E-state index contributed by atoms with van der Waals surface area (Å²) >= 11 is 9.36. The molecule has 2 aromatic carbocycles. The molecule has 1 amide bonds. The Bertz CT molecular complexity index is 1410. The standard InChI is InChI=1S/C28H26BrN5OS/c1-18-15-23(19(2)34(18)22-12-8-9-20(29)16-22)27-26(24-13-6-7-14-30-24)32-28(36)33(27)17-25(35)31-21-10-4-3-5-11-21/h3-16,26-27H,17H2,1-2H3,(H,31,35)(H,32,36)/t26-,27+/m0/s1. The molecule has 1 fully saturated rings. The number of pyridine rings is 1. The highest BCUT2D eigenvalue weighted by atomic mass is 79.9. The number of anilines is 1. The van der Waals surface area contributed by atoms with Crippen molar-refractivity contribution in [1.29, 1.82) is 0 Å². The number of hydrogen-bond acceptors (Lipinski definition) is 3. The number of carbonyl (C=O) groups is 1. The third-order valence-electron chi connectivity index (χ3n) is 6.42. The van der Waals surface area contributed by atoms with Gasteiger partial charge >= 0.3 is 0 Å². The second-order valence-electron chi connectivity index (χ2n) is 8.81. The molecule has 0 bridgehead atoms. The van der Waals surface area contributed by atoms with Gasteiger partial charge in [-0.25, -0.2) is 0 Å². The Morgan fingerprint density at radius 1 is 1.06 bits per heavy atom. The molecule has 0 spiro atoms. The van der Waals surface area contributed by atoms with Crippen molar-refractivity contribution in [2.45, 2.75) is 25.9 Å². The summed E-state index contributed by atoms with van der Waals surface area (Å²) < 4.78 is 3.25. The van der Waals surface area contributed by atoms with E-state index < -0.39 is 0 Å². The molecule has 1 aliphatic heterocycles. The first-order chi connectivity index (χ1) is 17.4. The minimum Gasteiger partial charge on any atom is -0.352 e. The largest absolute Gasteiger partial charge is 0.352 e. The van der Waals surface area contributed by atoms with Crippen molar-refractivity contribution in [1.82, 2.24) is 19.8 Å². The fourth-order valence-corrected chi connectivity index (χ4v) is 5.58. The third-order valence-corrected chi connectivity index (χ3v) is 7.27. The fourth-order valence-electron chi connectivity index (χ4n) is 4.89. The van der Waals surface area contributed by atoms with Gasteiger partial charge in [-0.3, -0.25) is 9.78 Å². The summed E-state index contributed by atoms with van der Waals surface area (Å²) in [6, 6.07) is 25.3. The maximum Gasteiger partial charge on any atom is 0.244 e. The van der Waals surface area contributed by atoms with Gasteiger partial charge in [0.1, 0.15) is 6.54 Å². The minimum atomic E-state index is -0.207. The zero-order valence-corrected chi connectivity index (χ0v) is 22.4. The molecule has 0 unspecified atom stereocenters. The van der Waals surface area contributed by atoms with Gasteiger partial charge < -0.3 is 20.1 Å². The quantitative estimate of drug-likeness (QED) is 0.289. The molecule has 1 aliphatic rings. The lowest BCUT2D eigenvalue weighted by atomic mass is 9.96. The molecule has 2 atom stereocenters. The number of amides is 1. The highest BCUT2D eigenvalue weighted by Gasteiger charge is 2.42. The minimum absolute atomic E-state index is 0.120. The first kappa shape index (κ1) is 24.2. The number of aromatic nitrogens is 2. The van der Waals surface area contributed by atoms with Crippen molar-refractivity contribution in [3.8, 4) is 5.69 Å². The molecule has 2 N–H and O–H groups in total. The van der Waals surface area contributed by atoms with Crippen LogP contribution in [0.2, 0.25) is 0 Å². The first-order valence-corrected chi connectivity index (χ1v) is 12.9. The van der Waals surface area contributed by atoms with E-state index in [4.69, 9.17) is 12.2 Å². The molecule has 1 saturated heterocycles. The average molecular weight is 561 g/mol. The maximum absolute atomic E-state index is 13.1. The van der Waals surface area contributed by atoms with Crippen LogP contribution in [0, 0.1) is 13.8 Å². The van der Waals surface area contributed by atoms with Gasteiger partial charge in [0.15, 0.2) is 5.11 Å². The van der Waals surface area contributed by atoms with Gasteiger partial charge in [-0.1, -0.05) is 46.3 Å². The van der Waals surface area contributed by atoms with E-state index in [9.17, 15) is 4.79 Å². The van der Waals surface area contributed by atoms with Crippen LogP contribution in [-0.4, -0.2) is 32.0 Å². The monoisotopic (exact) mass is 559 g/mol. The predicted octanol–water partition coefficient (Wildman–Crippen LogP) is 5.86. The molecule has 2 aromatic heterocycles. The van der Waals surface area contributed by atoms with Crippen LogP contribution in [0.15, 0.2) is 89.5 Å². The van der Waals surface area contributed by atoms with E-state index in [0.717, 1.165) is 38.5 Å². The van der Waals surface area contributed by atoms with Crippen LogP contribution in [0.1, 0.15) is 34.7 Å². The van der Waals surface area contributed by atoms with Gasteiger partial charge in [-0.05, 0) is 80.2 Å². The molecule has 182 valence electrons. The molecular weight excluding hydrogens is 534 g/mol. The van der Waals surface area contributed by atoms with E-state index in [1.54, 1.807) is 6.20 Å². The highest BCUT2D eigenvalue weighted by molar-refractivity contribution is 9.10. The van der Waals surface area contributed by atoms with Crippen LogP contribution in [0.5, 0.6) is 0 Å². The van der Waals surface area contributed by atoms with E-state index in [1.807, 2.05) is 65.6 Å². The third kappa shape index (κ3) is 4.79. The number of nitrogens with zero attached hydrogens (tertiary/aromatic N) is 3. The van der Waals surface area contributed by atoms with Crippen molar-refractivity contribution < 1.29 is 4.79 Å². The Morgan fingerprint density at radius 2 is 1.83 bits per heavy atom. The number of para-hydroxylation sites is 1. The topological polar surface area (TPSA) is 62.2 Å². The molecule has 5 rings (SSSR count). The van der Waals surface area contributed by atoms with Crippen LogP contribution in [-0.2, 0) is 4.79 Å². The fraction of sp³-hybridized carbons (Fsp3) is 0.179. The zero-order valence-electron chi connectivity index (χ0n) is 20.0. The van der Waals surface area contributed by atoms with Crippen molar-refractivity contribution in [3.05, 3.63) is 112 Å². The zero-order chi connectivity index (χ0) is 25.2. The average Bonchev–Trinajstić information content (AvgIpc) is 3.35. The Kier molecular flexibility index (Phi) is 6.89. The summed E-state index contributed by atoms with van der Waals surface area (Å²) in [6.07, 6.45) is 1.78. The van der Waals surface area contributed by atoms with Gasteiger partial charge in [0.2, 0.25) is 5.91 Å². The molecule has 4 aromatic rings. The molecule has 0 radical (unpaired) electrons. The maximum atomic E-state index is 13.1. The Balaban J connectivity index is 1.54. The second-order valence-corrected chi connectivity index (χ2v) is 10.1. The smallest absolute Gasteiger partial charge is 0.244 e. The van der Waals surface area contributed by atoms with E-state index in [0.29, 0.717) is 5.11 Å². The van der Waals surface area contributed by atoms with Crippen LogP contribution in [0.4, 0.5) is 5.69 Å². The van der Waals surface area contributed by atoms with Gasteiger partial charge in [0, 0.05) is 33.4 Å². The molecule has 0 aliphatic carbocycles. The predicted molar refractivity (Wildman–Crippen MR) is 150 cm³/mol. The van der Waals surface area contributed by atoms with Crippen LogP contribution in [0.3, 0.4) is 0 Å². The molecule has 36 heavy (non-hydrogen) atoms. The van der Waals surface area contributed by atoms with Gasteiger partial charge in [0.05, 0.1) is 17.8 Å².